The van der Waals surface area contributed by atoms with Gasteiger partial charge in [-0.15, -0.1) is 11.3 Å². The molecule has 0 unspecified atom stereocenters. The van der Waals surface area contributed by atoms with Gasteiger partial charge in [0.2, 0.25) is 5.82 Å². The average Bonchev–Trinajstić information content (AvgIpc) is 3.22. The topological polar surface area (TPSA) is 59.2 Å². The van der Waals surface area contributed by atoms with Crippen LogP contribution in [0.5, 0.6) is 5.75 Å². The molecule has 1 aliphatic rings. The molecule has 0 saturated heterocycles. The number of aryl methyl sites for hydroxylation is 3. The summed E-state index contributed by atoms with van der Waals surface area (Å²) < 4.78 is 5.47. The van der Waals surface area contributed by atoms with Crippen molar-refractivity contribution < 1.29 is 9.63 Å². The predicted molar refractivity (Wildman–Crippen MR) is 91.7 cm³/mol. The normalized spacial score (nSPS) is 12.8. The van der Waals surface area contributed by atoms with Gasteiger partial charge in [0.05, 0.1) is 4.88 Å². The SMILES string of the molecule is Cc1cc(-c2nc(-c3sc(C)c4c3CC=C4)no2)cc(C)c1O. The highest BCUT2D eigenvalue weighted by atomic mass is 32.1. The first-order valence-electron chi connectivity index (χ1n) is 7.48. The third-order valence-corrected chi connectivity index (χ3v) is 5.37. The van der Waals surface area contributed by atoms with Gasteiger partial charge in [-0.2, -0.15) is 4.98 Å². The first-order chi connectivity index (χ1) is 11.0. The van der Waals surface area contributed by atoms with Crippen LogP contribution in [0.3, 0.4) is 0 Å². The maximum Gasteiger partial charge on any atom is 0.258 e. The van der Waals surface area contributed by atoms with E-state index in [-0.39, 0.29) is 0 Å². The molecule has 0 atom stereocenters. The van der Waals surface area contributed by atoms with E-state index < -0.39 is 0 Å². The van der Waals surface area contributed by atoms with Crippen molar-refractivity contribution in [1.82, 2.24) is 10.1 Å². The van der Waals surface area contributed by atoms with Gasteiger partial charge in [0, 0.05) is 10.4 Å². The number of hydrogen-bond donors (Lipinski definition) is 1. The van der Waals surface area contributed by atoms with Crippen molar-refractivity contribution in [2.75, 3.05) is 0 Å². The lowest BCUT2D eigenvalue weighted by Gasteiger charge is -2.04. The zero-order valence-corrected chi connectivity index (χ0v) is 14.0. The van der Waals surface area contributed by atoms with E-state index in [1.54, 1.807) is 11.3 Å². The van der Waals surface area contributed by atoms with Gasteiger partial charge in [-0.3, -0.25) is 0 Å². The van der Waals surface area contributed by atoms with Gasteiger partial charge < -0.3 is 9.63 Å². The van der Waals surface area contributed by atoms with Gasteiger partial charge in [-0.1, -0.05) is 17.3 Å². The van der Waals surface area contributed by atoms with E-state index in [0.717, 1.165) is 28.0 Å². The van der Waals surface area contributed by atoms with Crippen molar-refractivity contribution in [2.45, 2.75) is 27.2 Å². The number of benzene rings is 1. The van der Waals surface area contributed by atoms with E-state index in [1.165, 1.54) is 16.0 Å². The van der Waals surface area contributed by atoms with Crippen LogP contribution in [0.2, 0.25) is 0 Å². The summed E-state index contributed by atoms with van der Waals surface area (Å²) >= 11 is 1.71. The predicted octanol–water partition coefficient (Wildman–Crippen LogP) is 4.67. The van der Waals surface area contributed by atoms with Crippen molar-refractivity contribution in [2.24, 2.45) is 0 Å². The summed E-state index contributed by atoms with van der Waals surface area (Å²) in [4.78, 5) is 6.95. The minimum Gasteiger partial charge on any atom is -0.507 e. The maximum atomic E-state index is 9.90. The maximum absolute atomic E-state index is 9.90. The average molecular weight is 324 g/mol. The van der Waals surface area contributed by atoms with Crippen LogP contribution in [0.1, 0.15) is 27.1 Å². The second-order valence-electron chi connectivity index (χ2n) is 5.87. The van der Waals surface area contributed by atoms with Crippen molar-refractivity contribution >= 4 is 17.4 Å². The molecule has 0 saturated carbocycles. The fourth-order valence-electron chi connectivity index (χ4n) is 3.01. The Morgan fingerprint density at radius 3 is 2.65 bits per heavy atom. The lowest BCUT2D eigenvalue weighted by Crippen LogP contribution is -1.86. The number of allylic oxidation sites excluding steroid dienone is 1. The van der Waals surface area contributed by atoms with Crippen LogP contribution in [-0.2, 0) is 6.42 Å². The molecule has 116 valence electrons. The Hall–Kier alpha value is -2.40. The second kappa shape index (κ2) is 5.06. The Bertz CT molecular complexity index is 927. The Morgan fingerprint density at radius 1 is 1.17 bits per heavy atom. The second-order valence-corrected chi connectivity index (χ2v) is 7.09. The molecule has 0 amide bonds. The zero-order chi connectivity index (χ0) is 16.1. The fraction of sp³-hybridized carbons (Fsp3) is 0.222. The van der Waals surface area contributed by atoms with E-state index in [0.29, 0.717) is 17.5 Å². The largest absolute Gasteiger partial charge is 0.507 e. The van der Waals surface area contributed by atoms with Gasteiger partial charge in [-0.05, 0) is 61.6 Å². The van der Waals surface area contributed by atoms with E-state index in [9.17, 15) is 5.11 Å². The Labute approximate surface area is 138 Å². The first kappa shape index (κ1) is 14.2. The van der Waals surface area contributed by atoms with E-state index >= 15 is 0 Å². The highest BCUT2D eigenvalue weighted by Gasteiger charge is 2.22. The van der Waals surface area contributed by atoms with Crippen molar-refractivity contribution in [3.05, 3.63) is 45.3 Å². The minimum absolute atomic E-state index is 0.311. The Balaban J connectivity index is 1.77. The molecule has 0 bridgehead atoms. The van der Waals surface area contributed by atoms with E-state index in [4.69, 9.17) is 4.52 Å². The summed E-state index contributed by atoms with van der Waals surface area (Å²) in [6, 6.07) is 3.73. The van der Waals surface area contributed by atoms with E-state index in [1.807, 2.05) is 26.0 Å². The molecular formula is C18H16N2O2S. The number of hydrogen-bond acceptors (Lipinski definition) is 5. The van der Waals surface area contributed by atoms with Gasteiger partial charge >= 0.3 is 0 Å². The van der Waals surface area contributed by atoms with Crippen LogP contribution in [0, 0.1) is 20.8 Å². The summed E-state index contributed by atoms with van der Waals surface area (Å²) in [5.74, 6) is 1.43. The Morgan fingerprint density at radius 2 is 1.91 bits per heavy atom. The van der Waals surface area contributed by atoms with Crippen molar-refractivity contribution in [3.63, 3.8) is 0 Å². The highest BCUT2D eigenvalue weighted by molar-refractivity contribution is 7.15. The fourth-order valence-corrected chi connectivity index (χ4v) is 4.11. The molecule has 23 heavy (non-hydrogen) atoms. The van der Waals surface area contributed by atoms with Gasteiger partial charge in [0.25, 0.3) is 5.89 Å². The standard InChI is InChI=1S/C18H16N2O2S/c1-9-7-12(8-10(2)15(9)21)18-19-17(20-22-18)16-14-6-4-5-13(14)11(3)23-16/h4-5,7-8,21H,6H2,1-3H3. The van der Waals surface area contributed by atoms with Crippen LogP contribution in [0.15, 0.2) is 22.7 Å². The number of aromatic hydroxyl groups is 1. The molecule has 2 heterocycles. The number of rotatable bonds is 2. The smallest absolute Gasteiger partial charge is 0.258 e. The molecule has 5 heteroatoms. The molecule has 0 radical (unpaired) electrons. The summed E-state index contributed by atoms with van der Waals surface area (Å²) in [7, 11) is 0. The van der Waals surface area contributed by atoms with Crippen LogP contribution in [0.4, 0.5) is 0 Å². The van der Waals surface area contributed by atoms with Crippen molar-refractivity contribution in [1.29, 1.82) is 0 Å². The lowest BCUT2D eigenvalue weighted by molar-refractivity contribution is 0.432. The number of fused-ring (bicyclic) bond motifs is 1. The van der Waals surface area contributed by atoms with Gasteiger partial charge in [0.1, 0.15) is 5.75 Å². The number of aromatic nitrogens is 2. The molecule has 0 aliphatic heterocycles. The minimum atomic E-state index is 0.311. The molecule has 1 N–H and O–H groups in total. The highest BCUT2D eigenvalue weighted by Crippen LogP contribution is 2.39. The zero-order valence-electron chi connectivity index (χ0n) is 13.2. The molecule has 1 aliphatic carbocycles. The quantitative estimate of drug-likeness (QED) is 0.744. The monoisotopic (exact) mass is 324 g/mol. The molecule has 0 spiro atoms. The molecule has 2 aromatic heterocycles. The number of thiophene rings is 1. The third kappa shape index (κ3) is 2.19. The van der Waals surface area contributed by atoms with E-state index in [2.05, 4.69) is 29.2 Å². The summed E-state index contributed by atoms with van der Waals surface area (Å²) in [5.41, 5.74) is 5.03. The van der Waals surface area contributed by atoms with Crippen LogP contribution in [0.25, 0.3) is 28.2 Å². The third-order valence-electron chi connectivity index (χ3n) is 4.21. The molecule has 1 aromatic carbocycles. The molecule has 4 nitrogen and oxygen atoms in total. The lowest BCUT2D eigenvalue weighted by atomic mass is 10.1. The number of phenolic OH excluding ortho intramolecular Hbond substituents is 1. The van der Waals surface area contributed by atoms with Crippen LogP contribution < -0.4 is 0 Å². The summed E-state index contributed by atoms with van der Waals surface area (Å²) in [5, 5.41) is 14.1. The number of nitrogens with zero attached hydrogens (tertiary/aromatic N) is 2. The van der Waals surface area contributed by atoms with Gasteiger partial charge in [0.15, 0.2) is 0 Å². The number of phenols is 1. The molecule has 3 aromatic rings. The summed E-state index contributed by atoms with van der Waals surface area (Å²) in [6.45, 7) is 5.85. The summed E-state index contributed by atoms with van der Waals surface area (Å²) in [6.07, 6.45) is 5.26. The van der Waals surface area contributed by atoms with Crippen LogP contribution in [-0.4, -0.2) is 15.2 Å². The Kier molecular flexibility index (Phi) is 3.13. The molecular weight excluding hydrogens is 308 g/mol. The van der Waals surface area contributed by atoms with Crippen molar-refractivity contribution in [3.8, 4) is 27.9 Å². The molecule has 4 rings (SSSR count). The molecule has 0 fully saturated rings. The van der Waals surface area contributed by atoms with Gasteiger partial charge in [-0.25, -0.2) is 0 Å². The first-order valence-corrected chi connectivity index (χ1v) is 8.29. The van der Waals surface area contributed by atoms with Crippen LogP contribution >= 0.6 is 11.3 Å².